The monoisotopic (exact) mass is 300 g/mol. The minimum atomic E-state index is -0.697. The van der Waals surface area contributed by atoms with Crippen molar-refractivity contribution >= 4 is 23.4 Å². The Morgan fingerprint density at radius 2 is 2.15 bits per heavy atom. The van der Waals surface area contributed by atoms with E-state index in [1.54, 1.807) is 5.51 Å². The summed E-state index contributed by atoms with van der Waals surface area (Å²) in [6.07, 6.45) is 0.00497. The van der Waals surface area contributed by atoms with Gasteiger partial charge >= 0.3 is 12.1 Å². The van der Waals surface area contributed by atoms with Crippen molar-refractivity contribution in [1.29, 1.82) is 0 Å². The lowest BCUT2D eigenvalue weighted by molar-refractivity contribution is -0.144. The van der Waals surface area contributed by atoms with Gasteiger partial charge in [0, 0.05) is 11.3 Å². The molecule has 0 radical (unpaired) electrons. The number of nitrogens with zero attached hydrogens (tertiary/aromatic N) is 1. The Balaban J connectivity index is 2.39. The van der Waals surface area contributed by atoms with Gasteiger partial charge in [-0.3, -0.25) is 0 Å². The van der Waals surface area contributed by atoms with E-state index in [-0.39, 0.29) is 12.5 Å². The lowest BCUT2D eigenvalue weighted by atomic mass is 10.1. The molecule has 0 fully saturated rings. The molecule has 1 aromatic rings. The minimum Gasteiger partial charge on any atom is -0.467 e. The number of aromatic nitrogens is 1. The molecule has 0 bridgehead atoms. The second-order valence-corrected chi connectivity index (χ2v) is 5.58. The van der Waals surface area contributed by atoms with Crippen LogP contribution in [0.3, 0.4) is 0 Å². The average Bonchev–Trinajstić information content (AvgIpc) is 2.80. The summed E-state index contributed by atoms with van der Waals surface area (Å²) in [6, 6.07) is -0.697. The molecule has 0 aliphatic rings. The molecule has 0 saturated heterocycles. The molecule has 0 aliphatic carbocycles. The van der Waals surface area contributed by atoms with Gasteiger partial charge in [-0.05, 0) is 12.8 Å². The summed E-state index contributed by atoms with van der Waals surface area (Å²) in [5.74, 6) is -0.547. The zero-order valence-corrected chi connectivity index (χ0v) is 13.0. The molecule has 6 nitrogen and oxygen atoms in total. The van der Waals surface area contributed by atoms with Gasteiger partial charge < -0.3 is 14.8 Å². The third-order valence-electron chi connectivity index (χ3n) is 2.80. The van der Waals surface area contributed by atoms with Crippen molar-refractivity contribution in [3.05, 3.63) is 16.1 Å². The Labute approximate surface area is 122 Å². The van der Waals surface area contributed by atoms with Crippen LogP contribution in [0.4, 0.5) is 4.79 Å². The lowest BCUT2D eigenvalue weighted by Gasteiger charge is -2.19. The third kappa shape index (κ3) is 4.80. The van der Waals surface area contributed by atoms with E-state index in [0.717, 1.165) is 10.6 Å². The molecule has 1 aromatic heterocycles. The molecule has 0 spiro atoms. The van der Waals surface area contributed by atoms with Crippen LogP contribution in [0, 0.1) is 12.8 Å². The highest BCUT2D eigenvalue weighted by molar-refractivity contribution is 7.09. The third-order valence-corrected chi connectivity index (χ3v) is 3.80. The van der Waals surface area contributed by atoms with Crippen molar-refractivity contribution in [1.82, 2.24) is 10.3 Å². The topological polar surface area (TPSA) is 77.5 Å². The van der Waals surface area contributed by atoms with Gasteiger partial charge in [-0.2, -0.15) is 0 Å². The van der Waals surface area contributed by atoms with Crippen molar-refractivity contribution < 1.29 is 19.1 Å². The first-order valence-corrected chi connectivity index (χ1v) is 7.23. The van der Waals surface area contributed by atoms with E-state index in [2.05, 4.69) is 15.0 Å². The second-order valence-electron chi connectivity index (χ2n) is 4.64. The Hall–Kier alpha value is -1.63. The van der Waals surface area contributed by atoms with Gasteiger partial charge in [-0.25, -0.2) is 14.6 Å². The first-order chi connectivity index (χ1) is 9.45. The van der Waals surface area contributed by atoms with Crippen molar-refractivity contribution in [2.45, 2.75) is 33.2 Å². The van der Waals surface area contributed by atoms with Crippen molar-refractivity contribution in [3.63, 3.8) is 0 Å². The SMILES string of the molecule is COC(=O)[C@@H](NC(=O)OCCc1scnc1C)C(C)C. The standard InChI is InChI=1S/C13H20N2O4S/c1-8(2)11(12(16)18-4)15-13(17)19-6-5-10-9(3)14-7-20-10/h7-8,11H,5-6H2,1-4H3,(H,15,17)/t11-/m0/s1. The molecule has 1 rings (SSSR count). The maximum atomic E-state index is 11.6. The summed E-state index contributed by atoms with van der Waals surface area (Å²) in [4.78, 5) is 28.3. The summed E-state index contributed by atoms with van der Waals surface area (Å²) in [5.41, 5.74) is 2.71. The molecular formula is C13H20N2O4S. The second kappa shape index (κ2) is 7.84. The van der Waals surface area contributed by atoms with Crippen molar-refractivity contribution in [2.24, 2.45) is 5.92 Å². The number of hydrogen-bond acceptors (Lipinski definition) is 6. The highest BCUT2D eigenvalue weighted by Gasteiger charge is 2.25. The van der Waals surface area contributed by atoms with Gasteiger partial charge in [0.15, 0.2) is 0 Å². The number of hydrogen-bond donors (Lipinski definition) is 1. The first kappa shape index (κ1) is 16.4. The summed E-state index contributed by atoms with van der Waals surface area (Å²) >= 11 is 1.53. The zero-order valence-electron chi connectivity index (χ0n) is 12.1. The summed E-state index contributed by atoms with van der Waals surface area (Å²) in [5, 5.41) is 2.51. The highest BCUT2D eigenvalue weighted by Crippen LogP contribution is 2.12. The van der Waals surface area contributed by atoms with Crippen LogP contribution in [0.15, 0.2) is 5.51 Å². The van der Waals surface area contributed by atoms with Gasteiger partial charge in [-0.1, -0.05) is 13.8 Å². The molecule has 1 N–H and O–H groups in total. The number of rotatable bonds is 6. The van der Waals surface area contributed by atoms with Crippen LogP contribution in [-0.4, -0.2) is 36.8 Å². The number of aryl methyl sites for hydroxylation is 1. The van der Waals surface area contributed by atoms with Crippen LogP contribution in [0.5, 0.6) is 0 Å². The molecule has 7 heteroatoms. The lowest BCUT2D eigenvalue weighted by Crippen LogP contribution is -2.45. The van der Waals surface area contributed by atoms with Crippen molar-refractivity contribution in [2.75, 3.05) is 13.7 Å². The highest BCUT2D eigenvalue weighted by atomic mass is 32.1. The minimum absolute atomic E-state index is 0.0706. The van der Waals surface area contributed by atoms with Crippen molar-refractivity contribution in [3.8, 4) is 0 Å². The van der Waals surface area contributed by atoms with Gasteiger partial charge in [0.05, 0.1) is 24.9 Å². The number of ether oxygens (including phenoxy) is 2. The largest absolute Gasteiger partial charge is 0.467 e. The molecule has 0 aromatic carbocycles. The molecule has 20 heavy (non-hydrogen) atoms. The van der Waals surface area contributed by atoms with E-state index in [1.165, 1.54) is 18.4 Å². The Kier molecular flexibility index (Phi) is 6.44. The predicted octanol–water partition coefficient (Wildman–Crippen LogP) is 1.92. The molecular weight excluding hydrogens is 280 g/mol. The molecule has 0 unspecified atom stereocenters. The number of carbonyl (C=O) groups excluding carboxylic acids is 2. The number of methoxy groups -OCH3 is 1. The molecule has 1 atom stereocenters. The number of carbonyl (C=O) groups is 2. The fourth-order valence-corrected chi connectivity index (χ4v) is 2.36. The van der Waals surface area contributed by atoms with E-state index in [9.17, 15) is 9.59 Å². The molecule has 1 amide bonds. The molecule has 0 aliphatic heterocycles. The number of esters is 1. The Morgan fingerprint density at radius 1 is 1.45 bits per heavy atom. The number of amides is 1. The number of alkyl carbamates (subject to hydrolysis) is 1. The Bertz CT molecular complexity index is 459. The van der Waals surface area contributed by atoms with Crippen LogP contribution < -0.4 is 5.32 Å². The van der Waals surface area contributed by atoms with Gasteiger partial charge in [0.1, 0.15) is 6.04 Å². The zero-order chi connectivity index (χ0) is 15.1. The maximum Gasteiger partial charge on any atom is 0.407 e. The van der Waals surface area contributed by atoms with E-state index in [1.807, 2.05) is 20.8 Å². The van der Waals surface area contributed by atoms with E-state index >= 15 is 0 Å². The summed E-state index contributed by atoms with van der Waals surface area (Å²) < 4.78 is 9.70. The quantitative estimate of drug-likeness (QED) is 0.812. The van der Waals surface area contributed by atoms with E-state index in [4.69, 9.17) is 4.74 Å². The Morgan fingerprint density at radius 3 is 2.65 bits per heavy atom. The van der Waals surface area contributed by atoms with Gasteiger partial charge in [0.2, 0.25) is 0 Å². The predicted molar refractivity (Wildman–Crippen MR) is 75.7 cm³/mol. The maximum absolute atomic E-state index is 11.6. The fraction of sp³-hybridized carbons (Fsp3) is 0.615. The van der Waals surface area contributed by atoms with Gasteiger partial charge in [-0.15, -0.1) is 11.3 Å². The number of thiazole rings is 1. The van der Waals surface area contributed by atoms with E-state index in [0.29, 0.717) is 6.42 Å². The molecule has 1 heterocycles. The fourth-order valence-electron chi connectivity index (χ4n) is 1.60. The number of nitrogens with one attached hydrogen (secondary N) is 1. The van der Waals surface area contributed by atoms with Crippen LogP contribution in [0.1, 0.15) is 24.4 Å². The average molecular weight is 300 g/mol. The van der Waals surface area contributed by atoms with Gasteiger partial charge in [0.25, 0.3) is 0 Å². The van der Waals surface area contributed by atoms with Crippen LogP contribution in [0.25, 0.3) is 0 Å². The normalized spacial score (nSPS) is 12.1. The first-order valence-electron chi connectivity index (χ1n) is 6.35. The smallest absolute Gasteiger partial charge is 0.407 e. The summed E-state index contributed by atoms with van der Waals surface area (Å²) in [6.45, 7) is 5.81. The van der Waals surface area contributed by atoms with E-state index < -0.39 is 18.1 Å². The van der Waals surface area contributed by atoms with Crippen LogP contribution in [0.2, 0.25) is 0 Å². The summed E-state index contributed by atoms with van der Waals surface area (Å²) in [7, 11) is 1.29. The van der Waals surface area contributed by atoms with Crippen LogP contribution in [-0.2, 0) is 20.7 Å². The molecule has 0 saturated carbocycles. The van der Waals surface area contributed by atoms with Crippen LogP contribution >= 0.6 is 11.3 Å². The molecule has 112 valence electrons.